The van der Waals surface area contributed by atoms with Gasteiger partial charge in [0.2, 0.25) is 0 Å². The fourth-order valence-corrected chi connectivity index (χ4v) is 2.06. The minimum Gasteiger partial charge on any atom is -0.494 e. The van der Waals surface area contributed by atoms with Crippen molar-refractivity contribution in [2.45, 2.75) is 19.8 Å². The number of benzene rings is 2. The normalized spacial score (nSPS) is 10.3. The molecule has 0 N–H and O–H groups in total. The first-order chi connectivity index (χ1) is 9.60. The molecular formula is C17H17FO2. The van der Waals surface area contributed by atoms with E-state index < -0.39 is 5.82 Å². The van der Waals surface area contributed by atoms with Gasteiger partial charge in [-0.15, -0.1) is 0 Å². The van der Waals surface area contributed by atoms with E-state index in [2.05, 4.69) is 0 Å². The molecule has 0 heterocycles. The SMILES string of the molecule is COc1cccc(CC(=O)Cc2ccc(C)cc2)c1F. The highest BCUT2D eigenvalue weighted by Crippen LogP contribution is 2.20. The van der Waals surface area contributed by atoms with E-state index in [-0.39, 0.29) is 18.0 Å². The van der Waals surface area contributed by atoms with E-state index >= 15 is 0 Å². The Morgan fingerprint density at radius 3 is 2.45 bits per heavy atom. The molecule has 2 aromatic rings. The predicted molar refractivity (Wildman–Crippen MR) is 76.5 cm³/mol. The van der Waals surface area contributed by atoms with Crippen molar-refractivity contribution in [1.82, 2.24) is 0 Å². The van der Waals surface area contributed by atoms with Crippen LogP contribution in [0, 0.1) is 12.7 Å². The second-order valence-corrected chi connectivity index (χ2v) is 4.81. The quantitative estimate of drug-likeness (QED) is 0.832. The van der Waals surface area contributed by atoms with E-state index in [0.717, 1.165) is 11.1 Å². The molecule has 0 aliphatic carbocycles. The van der Waals surface area contributed by atoms with Crippen molar-refractivity contribution in [3.8, 4) is 5.75 Å². The van der Waals surface area contributed by atoms with Crippen molar-refractivity contribution in [1.29, 1.82) is 0 Å². The summed E-state index contributed by atoms with van der Waals surface area (Å²) in [6, 6.07) is 12.6. The zero-order valence-corrected chi connectivity index (χ0v) is 11.7. The maximum absolute atomic E-state index is 13.9. The van der Waals surface area contributed by atoms with Gasteiger partial charge in [0.25, 0.3) is 0 Å². The Bertz CT molecular complexity index is 603. The summed E-state index contributed by atoms with van der Waals surface area (Å²) in [6.45, 7) is 2.00. The molecule has 0 spiro atoms. The van der Waals surface area contributed by atoms with E-state index in [9.17, 15) is 9.18 Å². The lowest BCUT2D eigenvalue weighted by molar-refractivity contribution is -0.117. The number of hydrogen-bond donors (Lipinski definition) is 0. The molecule has 0 atom stereocenters. The predicted octanol–water partition coefficient (Wildman–Crippen LogP) is 3.50. The Balaban J connectivity index is 2.06. The second kappa shape index (κ2) is 6.33. The summed E-state index contributed by atoms with van der Waals surface area (Å²) in [7, 11) is 1.41. The standard InChI is InChI=1S/C17H17FO2/c1-12-6-8-13(9-7-12)10-15(19)11-14-4-3-5-16(20-2)17(14)18/h3-9H,10-11H2,1-2H3. The van der Waals surface area contributed by atoms with Crippen LogP contribution in [0.1, 0.15) is 16.7 Å². The van der Waals surface area contributed by atoms with Crippen molar-refractivity contribution in [3.05, 3.63) is 65.0 Å². The Kier molecular flexibility index (Phi) is 4.51. The molecule has 0 aliphatic rings. The van der Waals surface area contributed by atoms with Crippen LogP contribution in [0.25, 0.3) is 0 Å². The van der Waals surface area contributed by atoms with Gasteiger partial charge in [-0.2, -0.15) is 0 Å². The number of aryl methyl sites for hydroxylation is 1. The van der Waals surface area contributed by atoms with Crippen molar-refractivity contribution in [2.24, 2.45) is 0 Å². The fraction of sp³-hybridized carbons (Fsp3) is 0.235. The summed E-state index contributed by atoms with van der Waals surface area (Å²) in [4.78, 5) is 12.0. The average molecular weight is 272 g/mol. The van der Waals surface area contributed by atoms with Gasteiger partial charge >= 0.3 is 0 Å². The molecule has 0 unspecified atom stereocenters. The molecule has 2 rings (SSSR count). The summed E-state index contributed by atoms with van der Waals surface area (Å²) in [6.07, 6.45) is 0.397. The monoisotopic (exact) mass is 272 g/mol. The van der Waals surface area contributed by atoms with E-state index in [4.69, 9.17) is 4.74 Å². The van der Waals surface area contributed by atoms with Crippen molar-refractivity contribution < 1.29 is 13.9 Å². The molecule has 0 saturated carbocycles. The third-order valence-electron chi connectivity index (χ3n) is 3.17. The Morgan fingerprint density at radius 1 is 1.10 bits per heavy atom. The highest BCUT2D eigenvalue weighted by Gasteiger charge is 2.12. The number of rotatable bonds is 5. The van der Waals surface area contributed by atoms with E-state index in [1.807, 2.05) is 31.2 Å². The fourth-order valence-electron chi connectivity index (χ4n) is 2.06. The van der Waals surface area contributed by atoms with Crippen LogP contribution >= 0.6 is 0 Å². The molecule has 20 heavy (non-hydrogen) atoms. The summed E-state index contributed by atoms with van der Waals surface area (Å²) < 4.78 is 18.9. The van der Waals surface area contributed by atoms with E-state index in [1.54, 1.807) is 18.2 Å². The highest BCUT2D eigenvalue weighted by atomic mass is 19.1. The molecule has 0 saturated heterocycles. The second-order valence-electron chi connectivity index (χ2n) is 4.81. The topological polar surface area (TPSA) is 26.3 Å². The van der Waals surface area contributed by atoms with Gasteiger partial charge < -0.3 is 4.74 Å². The van der Waals surface area contributed by atoms with Gasteiger partial charge in [-0.3, -0.25) is 4.79 Å². The van der Waals surface area contributed by atoms with E-state index in [0.29, 0.717) is 12.0 Å². The first-order valence-electron chi connectivity index (χ1n) is 6.49. The summed E-state index contributed by atoms with van der Waals surface area (Å²) in [5.41, 5.74) is 2.48. The number of Topliss-reactive ketones (excluding diaryl/α,β-unsaturated/α-hetero) is 1. The number of carbonyl (C=O) groups is 1. The number of halogens is 1. The lowest BCUT2D eigenvalue weighted by Crippen LogP contribution is -2.08. The lowest BCUT2D eigenvalue weighted by atomic mass is 10.0. The molecule has 0 bridgehead atoms. The lowest BCUT2D eigenvalue weighted by Gasteiger charge is -2.07. The molecule has 2 aromatic carbocycles. The van der Waals surface area contributed by atoms with Crippen molar-refractivity contribution in [2.75, 3.05) is 7.11 Å². The Morgan fingerprint density at radius 2 is 1.80 bits per heavy atom. The van der Waals surface area contributed by atoms with Crippen LogP contribution in [0.3, 0.4) is 0 Å². The summed E-state index contributed by atoms with van der Waals surface area (Å²) >= 11 is 0. The van der Waals surface area contributed by atoms with Crippen LogP contribution in [0.5, 0.6) is 5.75 Å². The Hall–Kier alpha value is -2.16. The van der Waals surface area contributed by atoms with Crippen molar-refractivity contribution in [3.63, 3.8) is 0 Å². The number of ketones is 1. The van der Waals surface area contributed by atoms with Gasteiger partial charge in [0.15, 0.2) is 11.6 Å². The highest BCUT2D eigenvalue weighted by molar-refractivity contribution is 5.83. The van der Waals surface area contributed by atoms with Gasteiger partial charge in [-0.05, 0) is 24.1 Å². The summed E-state index contributed by atoms with van der Waals surface area (Å²) in [5.74, 6) is -0.293. The van der Waals surface area contributed by atoms with Gasteiger partial charge in [0, 0.05) is 12.8 Å². The first-order valence-corrected chi connectivity index (χ1v) is 6.49. The minimum absolute atomic E-state index is 0.0130. The molecule has 0 radical (unpaired) electrons. The third kappa shape index (κ3) is 3.44. The number of methoxy groups -OCH3 is 1. The average Bonchev–Trinajstić information content (AvgIpc) is 2.44. The largest absolute Gasteiger partial charge is 0.494 e. The maximum Gasteiger partial charge on any atom is 0.168 e. The molecule has 0 aliphatic heterocycles. The van der Waals surface area contributed by atoms with Crippen LogP contribution in [0.15, 0.2) is 42.5 Å². The van der Waals surface area contributed by atoms with Crippen LogP contribution < -0.4 is 4.74 Å². The zero-order valence-electron chi connectivity index (χ0n) is 11.7. The van der Waals surface area contributed by atoms with Gasteiger partial charge in [0.05, 0.1) is 7.11 Å². The zero-order chi connectivity index (χ0) is 14.5. The third-order valence-corrected chi connectivity index (χ3v) is 3.17. The Labute approximate surface area is 118 Å². The molecule has 3 heteroatoms. The van der Waals surface area contributed by atoms with Gasteiger partial charge in [0.1, 0.15) is 5.78 Å². The minimum atomic E-state index is -0.452. The molecule has 2 nitrogen and oxygen atoms in total. The van der Waals surface area contributed by atoms with Crippen LogP contribution in [0.2, 0.25) is 0 Å². The first kappa shape index (κ1) is 14.3. The van der Waals surface area contributed by atoms with Crippen LogP contribution in [0.4, 0.5) is 4.39 Å². The molecule has 0 amide bonds. The van der Waals surface area contributed by atoms with Crippen LogP contribution in [-0.4, -0.2) is 12.9 Å². The number of hydrogen-bond acceptors (Lipinski definition) is 2. The molecular weight excluding hydrogens is 255 g/mol. The van der Waals surface area contributed by atoms with Crippen LogP contribution in [-0.2, 0) is 17.6 Å². The maximum atomic E-state index is 13.9. The number of ether oxygens (including phenoxy) is 1. The van der Waals surface area contributed by atoms with Gasteiger partial charge in [-0.25, -0.2) is 4.39 Å². The van der Waals surface area contributed by atoms with Gasteiger partial charge in [-0.1, -0.05) is 42.0 Å². The van der Waals surface area contributed by atoms with Crippen molar-refractivity contribution >= 4 is 5.78 Å². The molecule has 0 fully saturated rings. The summed E-state index contributed by atoms with van der Waals surface area (Å²) in [5, 5.41) is 0. The number of carbonyl (C=O) groups excluding carboxylic acids is 1. The van der Waals surface area contributed by atoms with E-state index in [1.165, 1.54) is 7.11 Å². The molecule has 104 valence electrons. The molecule has 0 aromatic heterocycles. The smallest absolute Gasteiger partial charge is 0.168 e.